The summed E-state index contributed by atoms with van der Waals surface area (Å²) < 4.78 is 0. The molecule has 2 heteroatoms. The Morgan fingerprint density at radius 2 is 1.56 bits per heavy atom. The molecule has 1 N–H and O–H groups in total. The largest absolute Gasteiger partial charge is 0.381 e. The molecule has 0 aromatic heterocycles. The van der Waals surface area contributed by atoms with E-state index < -0.39 is 0 Å². The van der Waals surface area contributed by atoms with E-state index in [9.17, 15) is 0 Å². The van der Waals surface area contributed by atoms with Gasteiger partial charge in [-0.2, -0.15) is 0 Å². The van der Waals surface area contributed by atoms with Crippen LogP contribution in [0.15, 0.2) is 36.4 Å². The van der Waals surface area contributed by atoms with Crippen molar-refractivity contribution >= 4 is 17.3 Å². The van der Waals surface area contributed by atoms with E-state index >= 15 is 0 Å². The lowest BCUT2D eigenvalue weighted by atomic mass is 10.0. The van der Waals surface area contributed by atoms with E-state index in [0.29, 0.717) is 0 Å². The fourth-order valence-electron chi connectivity index (χ4n) is 2.11. The summed E-state index contributed by atoms with van der Waals surface area (Å²) in [5.41, 5.74) is 6.21. The smallest absolute Gasteiger partial charge is 0.0455 e. The molecule has 0 fully saturated rings. The summed E-state index contributed by atoms with van der Waals surface area (Å²) in [5.74, 6) is 0. The predicted molar refractivity (Wildman–Crippen MR) is 79.4 cm³/mol. The number of nitrogens with one attached hydrogen (secondary N) is 1. The van der Waals surface area contributed by atoms with Crippen molar-refractivity contribution in [3.05, 3.63) is 63.7 Å². The zero-order valence-corrected chi connectivity index (χ0v) is 11.8. The molecule has 0 heterocycles. The van der Waals surface area contributed by atoms with Crippen LogP contribution in [0.25, 0.3) is 0 Å². The second-order valence-electron chi connectivity index (χ2n) is 4.64. The summed E-state index contributed by atoms with van der Waals surface area (Å²) in [6.07, 6.45) is 0. The van der Waals surface area contributed by atoms with Crippen LogP contribution in [0.3, 0.4) is 0 Å². The second-order valence-corrected chi connectivity index (χ2v) is 5.04. The first-order valence-electron chi connectivity index (χ1n) is 6.13. The maximum absolute atomic E-state index is 6.12. The van der Waals surface area contributed by atoms with Gasteiger partial charge in [-0.05, 0) is 55.2 Å². The Morgan fingerprint density at radius 3 is 2.22 bits per heavy atom. The number of hydrogen-bond acceptors (Lipinski definition) is 1. The molecule has 0 atom stereocenters. The van der Waals surface area contributed by atoms with Gasteiger partial charge in [-0.15, -0.1) is 0 Å². The highest BCUT2D eigenvalue weighted by atomic mass is 35.5. The average molecular weight is 260 g/mol. The van der Waals surface area contributed by atoms with Crippen LogP contribution >= 0.6 is 11.6 Å². The lowest BCUT2D eigenvalue weighted by Crippen LogP contribution is -2.04. The van der Waals surface area contributed by atoms with Crippen LogP contribution in [0.1, 0.15) is 22.3 Å². The van der Waals surface area contributed by atoms with E-state index in [1.165, 1.54) is 16.7 Å². The molecule has 0 aliphatic carbocycles. The van der Waals surface area contributed by atoms with Gasteiger partial charge in [0.1, 0.15) is 0 Å². The van der Waals surface area contributed by atoms with Crippen molar-refractivity contribution in [3.8, 4) is 0 Å². The van der Waals surface area contributed by atoms with E-state index in [1.807, 2.05) is 19.1 Å². The minimum atomic E-state index is 0.807. The van der Waals surface area contributed by atoms with Crippen molar-refractivity contribution in [3.63, 3.8) is 0 Å². The van der Waals surface area contributed by atoms with Crippen LogP contribution in [0.5, 0.6) is 0 Å². The Labute approximate surface area is 114 Å². The first kappa shape index (κ1) is 13.0. The van der Waals surface area contributed by atoms with Gasteiger partial charge in [0.05, 0.1) is 0 Å². The van der Waals surface area contributed by atoms with Crippen molar-refractivity contribution in [1.82, 2.24) is 0 Å². The van der Waals surface area contributed by atoms with Gasteiger partial charge < -0.3 is 5.32 Å². The minimum absolute atomic E-state index is 0.807. The fourth-order valence-corrected chi connectivity index (χ4v) is 2.28. The van der Waals surface area contributed by atoms with Crippen molar-refractivity contribution in [2.45, 2.75) is 27.3 Å². The molecule has 0 amide bonds. The normalized spacial score (nSPS) is 10.4. The Bertz CT molecular complexity index is 541. The van der Waals surface area contributed by atoms with Gasteiger partial charge in [-0.1, -0.05) is 35.9 Å². The number of rotatable bonds is 3. The van der Waals surface area contributed by atoms with Gasteiger partial charge in [0.25, 0.3) is 0 Å². The van der Waals surface area contributed by atoms with Gasteiger partial charge in [-0.25, -0.2) is 0 Å². The van der Waals surface area contributed by atoms with E-state index in [2.05, 4.69) is 43.4 Å². The standard InChI is InChI=1S/C16H18ClN/c1-11-6-4-7-12(2)14(11)10-18-16-9-5-8-15(17)13(16)3/h4-9,18H,10H2,1-3H3. The molecule has 1 nitrogen and oxygen atoms in total. The van der Waals surface area contributed by atoms with E-state index in [0.717, 1.165) is 22.8 Å². The molecule has 0 bridgehead atoms. The van der Waals surface area contributed by atoms with Crippen LogP contribution in [-0.2, 0) is 6.54 Å². The zero-order valence-electron chi connectivity index (χ0n) is 11.0. The molecule has 0 aliphatic heterocycles. The quantitative estimate of drug-likeness (QED) is 0.829. The van der Waals surface area contributed by atoms with Crippen molar-refractivity contribution in [2.24, 2.45) is 0 Å². The van der Waals surface area contributed by atoms with Crippen LogP contribution in [0, 0.1) is 20.8 Å². The third kappa shape index (κ3) is 2.68. The fraction of sp³-hybridized carbons (Fsp3) is 0.250. The molecule has 2 rings (SSSR count). The monoisotopic (exact) mass is 259 g/mol. The Kier molecular flexibility index (Phi) is 3.93. The maximum atomic E-state index is 6.12. The van der Waals surface area contributed by atoms with Crippen molar-refractivity contribution in [2.75, 3.05) is 5.32 Å². The lowest BCUT2D eigenvalue weighted by Gasteiger charge is -2.14. The Morgan fingerprint density at radius 1 is 0.944 bits per heavy atom. The lowest BCUT2D eigenvalue weighted by molar-refractivity contribution is 1.08. The number of benzene rings is 2. The summed E-state index contributed by atoms with van der Waals surface area (Å²) in [6.45, 7) is 7.17. The van der Waals surface area contributed by atoms with E-state index in [1.54, 1.807) is 0 Å². The summed E-state index contributed by atoms with van der Waals surface area (Å²) in [5, 5.41) is 4.27. The molecule has 2 aromatic rings. The van der Waals surface area contributed by atoms with Gasteiger partial charge in [0, 0.05) is 17.3 Å². The summed E-state index contributed by atoms with van der Waals surface area (Å²) in [6, 6.07) is 12.3. The molecule has 0 spiro atoms. The Hall–Kier alpha value is -1.47. The molecule has 0 unspecified atom stereocenters. The molecule has 2 aromatic carbocycles. The SMILES string of the molecule is Cc1cccc(C)c1CNc1cccc(Cl)c1C. The highest BCUT2D eigenvalue weighted by Gasteiger charge is 2.04. The van der Waals surface area contributed by atoms with Crippen LogP contribution in [-0.4, -0.2) is 0 Å². The molecule has 0 saturated heterocycles. The Balaban J connectivity index is 2.19. The number of halogens is 1. The van der Waals surface area contributed by atoms with Crippen LogP contribution < -0.4 is 5.32 Å². The number of anilines is 1. The highest BCUT2D eigenvalue weighted by Crippen LogP contribution is 2.24. The average Bonchev–Trinajstić information content (AvgIpc) is 2.33. The van der Waals surface area contributed by atoms with Gasteiger partial charge in [0.2, 0.25) is 0 Å². The topological polar surface area (TPSA) is 12.0 Å². The summed E-state index contributed by atoms with van der Waals surface area (Å²) >= 11 is 6.12. The predicted octanol–water partition coefficient (Wildman–Crippen LogP) is 4.88. The molecular formula is C16H18ClN. The molecular weight excluding hydrogens is 242 g/mol. The third-order valence-electron chi connectivity index (χ3n) is 3.37. The number of hydrogen-bond donors (Lipinski definition) is 1. The van der Waals surface area contributed by atoms with Crippen molar-refractivity contribution in [1.29, 1.82) is 0 Å². The molecule has 0 aliphatic rings. The summed E-state index contributed by atoms with van der Waals surface area (Å²) in [7, 11) is 0. The van der Waals surface area contributed by atoms with Gasteiger partial charge in [-0.3, -0.25) is 0 Å². The molecule has 0 radical (unpaired) electrons. The summed E-state index contributed by atoms with van der Waals surface area (Å²) in [4.78, 5) is 0. The van der Waals surface area contributed by atoms with E-state index in [4.69, 9.17) is 11.6 Å². The molecule has 0 saturated carbocycles. The highest BCUT2D eigenvalue weighted by molar-refractivity contribution is 6.31. The van der Waals surface area contributed by atoms with Crippen LogP contribution in [0.4, 0.5) is 5.69 Å². The van der Waals surface area contributed by atoms with Crippen LogP contribution in [0.2, 0.25) is 5.02 Å². The first-order chi connectivity index (χ1) is 8.59. The van der Waals surface area contributed by atoms with Crippen molar-refractivity contribution < 1.29 is 0 Å². The maximum Gasteiger partial charge on any atom is 0.0455 e. The second kappa shape index (κ2) is 5.45. The number of aryl methyl sites for hydroxylation is 2. The van der Waals surface area contributed by atoms with Gasteiger partial charge >= 0.3 is 0 Å². The third-order valence-corrected chi connectivity index (χ3v) is 3.78. The minimum Gasteiger partial charge on any atom is -0.381 e. The zero-order chi connectivity index (χ0) is 13.1. The molecule has 18 heavy (non-hydrogen) atoms. The molecule has 94 valence electrons. The van der Waals surface area contributed by atoms with Gasteiger partial charge in [0.15, 0.2) is 0 Å². The first-order valence-corrected chi connectivity index (χ1v) is 6.51. The van der Waals surface area contributed by atoms with E-state index in [-0.39, 0.29) is 0 Å².